The molecule has 35 heavy (non-hydrogen) atoms. The van der Waals surface area contributed by atoms with Crippen molar-refractivity contribution in [1.82, 2.24) is 9.29 Å². The summed E-state index contributed by atoms with van der Waals surface area (Å²) in [4.78, 5) is 19.9. The highest BCUT2D eigenvalue weighted by atomic mass is 32.2. The first-order valence-corrected chi connectivity index (χ1v) is 14.1. The van der Waals surface area contributed by atoms with Crippen LogP contribution in [0.3, 0.4) is 0 Å². The van der Waals surface area contributed by atoms with Gasteiger partial charge in [-0.2, -0.15) is 4.31 Å². The third-order valence-electron chi connectivity index (χ3n) is 6.77. The number of anilines is 1. The zero-order chi connectivity index (χ0) is 24.6. The van der Waals surface area contributed by atoms with Gasteiger partial charge in [-0.1, -0.05) is 35.6 Å². The molecule has 1 aromatic heterocycles. The van der Waals surface area contributed by atoms with Crippen LogP contribution in [-0.2, 0) is 19.6 Å². The second-order valence-electron chi connectivity index (χ2n) is 9.11. The molecule has 0 radical (unpaired) electrons. The summed E-state index contributed by atoms with van der Waals surface area (Å²) in [7, 11) is -3.95. The summed E-state index contributed by atoms with van der Waals surface area (Å²) in [6.45, 7) is 3.47. The summed E-state index contributed by atoms with van der Waals surface area (Å²) in [5.41, 5.74) is 1.95. The van der Waals surface area contributed by atoms with E-state index in [1.807, 2.05) is 25.1 Å². The average molecular weight is 518 g/mol. The van der Waals surface area contributed by atoms with Crippen molar-refractivity contribution in [3.05, 3.63) is 53.8 Å². The normalized spacial score (nSPS) is 19.9. The maximum Gasteiger partial charge on any atom is 0.245 e. The summed E-state index contributed by atoms with van der Waals surface area (Å²) in [5, 5.41) is 0.649. The number of rotatable bonds is 6. The van der Waals surface area contributed by atoms with Gasteiger partial charge in [-0.05, 0) is 56.4 Å². The van der Waals surface area contributed by atoms with Gasteiger partial charge in [0, 0.05) is 25.6 Å². The summed E-state index contributed by atoms with van der Waals surface area (Å²) in [6.07, 6.45) is 2.58. The van der Waals surface area contributed by atoms with E-state index in [1.54, 1.807) is 4.90 Å². The number of ether oxygens (including phenoxy) is 1. The number of carbonyl (C=O) groups excluding carboxylic acids is 1. The van der Waals surface area contributed by atoms with Gasteiger partial charge in [0.15, 0.2) is 5.13 Å². The maximum atomic E-state index is 14.2. The van der Waals surface area contributed by atoms with Gasteiger partial charge < -0.3 is 4.74 Å². The maximum absolute atomic E-state index is 14.2. The highest BCUT2D eigenvalue weighted by molar-refractivity contribution is 7.89. The number of sulfonamides is 1. The molecule has 10 heteroatoms. The highest BCUT2D eigenvalue weighted by Crippen LogP contribution is 2.34. The fourth-order valence-corrected chi connectivity index (χ4v) is 7.39. The van der Waals surface area contributed by atoms with Crippen molar-refractivity contribution in [2.45, 2.75) is 43.6 Å². The van der Waals surface area contributed by atoms with E-state index in [1.165, 1.54) is 33.8 Å². The summed E-state index contributed by atoms with van der Waals surface area (Å²) < 4.78 is 48.2. The molecule has 3 aromatic rings. The lowest BCUT2D eigenvalue weighted by Gasteiger charge is -2.33. The number of fused-ring (bicyclic) bond motifs is 1. The molecule has 2 aromatic carbocycles. The van der Waals surface area contributed by atoms with Gasteiger partial charge in [-0.15, -0.1) is 0 Å². The number of amides is 1. The van der Waals surface area contributed by atoms with E-state index in [2.05, 4.69) is 0 Å². The number of hydrogen-bond acceptors (Lipinski definition) is 6. The van der Waals surface area contributed by atoms with Gasteiger partial charge in [0.25, 0.3) is 0 Å². The topological polar surface area (TPSA) is 79.8 Å². The molecule has 0 bridgehead atoms. The Kier molecular flexibility index (Phi) is 6.89. The van der Waals surface area contributed by atoms with Gasteiger partial charge in [0.2, 0.25) is 15.9 Å². The minimum absolute atomic E-state index is 0.0337. The number of aromatic nitrogens is 1. The van der Waals surface area contributed by atoms with E-state index >= 15 is 0 Å². The minimum Gasteiger partial charge on any atom is -0.376 e. The Labute approximate surface area is 208 Å². The van der Waals surface area contributed by atoms with Crippen molar-refractivity contribution in [2.24, 2.45) is 5.92 Å². The number of aryl methyl sites for hydroxylation is 1. The summed E-state index contributed by atoms with van der Waals surface area (Å²) in [6, 6.07) is 11.4. The predicted molar refractivity (Wildman–Crippen MR) is 134 cm³/mol. The smallest absolute Gasteiger partial charge is 0.245 e. The molecule has 0 spiro atoms. The molecule has 3 heterocycles. The van der Waals surface area contributed by atoms with Gasteiger partial charge in [0.05, 0.1) is 22.9 Å². The Morgan fingerprint density at radius 1 is 1.17 bits per heavy atom. The van der Waals surface area contributed by atoms with E-state index in [4.69, 9.17) is 9.72 Å². The van der Waals surface area contributed by atoms with E-state index in [0.717, 1.165) is 34.7 Å². The Morgan fingerprint density at radius 2 is 1.94 bits per heavy atom. The molecular formula is C25H28FN3O4S2. The minimum atomic E-state index is -3.95. The number of nitrogens with zero attached hydrogens (tertiary/aromatic N) is 3. The van der Waals surface area contributed by atoms with Gasteiger partial charge in [-0.3, -0.25) is 9.69 Å². The van der Waals surface area contributed by atoms with Crippen molar-refractivity contribution in [2.75, 3.05) is 31.1 Å². The van der Waals surface area contributed by atoms with Gasteiger partial charge in [-0.25, -0.2) is 17.8 Å². The lowest BCUT2D eigenvalue weighted by Crippen LogP contribution is -2.46. The van der Waals surface area contributed by atoms with Crippen LogP contribution in [0.25, 0.3) is 10.2 Å². The van der Waals surface area contributed by atoms with Crippen LogP contribution >= 0.6 is 11.3 Å². The molecule has 0 N–H and O–H groups in total. The molecule has 1 amide bonds. The second-order valence-corrected chi connectivity index (χ2v) is 12.0. The van der Waals surface area contributed by atoms with E-state index in [-0.39, 0.29) is 35.9 Å². The SMILES string of the molecule is Cc1cccc2sc(N(CC3CCCO3)C(=O)C3CCN(S(=O)(=O)c4ccccc4F)CC3)nc12. The molecule has 1 atom stereocenters. The van der Waals surface area contributed by atoms with Crippen LogP contribution in [0.4, 0.5) is 9.52 Å². The number of hydrogen-bond donors (Lipinski definition) is 0. The third-order valence-corrected chi connectivity index (χ3v) is 9.75. The number of thiazole rings is 1. The van der Waals surface area contributed by atoms with Gasteiger partial charge >= 0.3 is 0 Å². The first kappa shape index (κ1) is 24.3. The molecule has 5 rings (SSSR count). The monoisotopic (exact) mass is 517 g/mol. The fourth-order valence-electron chi connectivity index (χ4n) is 4.80. The molecule has 0 saturated carbocycles. The van der Waals surface area contributed by atoms with Gasteiger partial charge in [0.1, 0.15) is 10.7 Å². The largest absolute Gasteiger partial charge is 0.376 e. The number of benzene rings is 2. The lowest BCUT2D eigenvalue weighted by atomic mass is 9.96. The van der Waals surface area contributed by atoms with Crippen molar-refractivity contribution < 1.29 is 22.3 Å². The van der Waals surface area contributed by atoms with Crippen LogP contribution < -0.4 is 4.90 Å². The number of piperidine rings is 1. The summed E-state index contributed by atoms with van der Waals surface area (Å²) >= 11 is 1.49. The van der Waals surface area contributed by atoms with Crippen LogP contribution in [-0.4, -0.2) is 56.0 Å². The predicted octanol–water partition coefficient (Wildman–Crippen LogP) is 4.36. The van der Waals surface area contributed by atoms with Crippen LogP contribution in [0.1, 0.15) is 31.2 Å². The van der Waals surface area contributed by atoms with E-state index < -0.39 is 15.8 Å². The molecule has 2 aliphatic heterocycles. The molecule has 186 valence electrons. The first-order valence-electron chi connectivity index (χ1n) is 11.9. The molecule has 1 unspecified atom stereocenters. The average Bonchev–Trinajstić information content (AvgIpc) is 3.53. The quantitative estimate of drug-likeness (QED) is 0.486. The number of para-hydroxylation sites is 1. The standard InChI is InChI=1S/C25H28FN3O4S2/c1-17-6-4-9-21-23(17)27-25(34-21)29(16-19-7-5-15-33-19)24(30)18-11-13-28(14-12-18)35(31,32)22-10-3-2-8-20(22)26/h2-4,6,8-10,18-19H,5,7,11-16H2,1H3. The second kappa shape index (κ2) is 9.93. The zero-order valence-corrected chi connectivity index (χ0v) is 21.2. The van der Waals surface area contributed by atoms with Crippen molar-refractivity contribution in [1.29, 1.82) is 0 Å². The zero-order valence-electron chi connectivity index (χ0n) is 19.5. The Hall–Kier alpha value is -2.40. The van der Waals surface area contributed by atoms with Crippen LogP contribution in [0.15, 0.2) is 47.4 Å². The summed E-state index contributed by atoms with van der Waals surface area (Å²) in [5.74, 6) is -1.16. The van der Waals surface area contributed by atoms with Crippen molar-refractivity contribution >= 4 is 42.6 Å². The molecule has 0 aliphatic carbocycles. The van der Waals surface area contributed by atoms with Crippen molar-refractivity contribution in [3.63, 3.8) is 0 Å². The molecule has 2 fully saturated rings. The van der Waals surface area contributed by atoms with E-state index in [9.17, 15) is 17.6 Å². The Bertz CT molecular complexity index is 1330. The van der Waals surface area contributed by atoms with Crippen LogP contribution in [0.5, 0.6) is 0 Å². The fraction of sp³-hybridized carbons (Fsp3) is 0.440. The van der Waals surface area contributed by atoms with E-state index in [0.29, 0.717) is 31.1 Å². The third kappa shape index (κ3) is 4.84. The number of carbonyl (C=O) groups is 1. The Morgan fingerprint density at radius 3 is 2.63 bits per heavy atom. The first-order chi connectivity index (χ1) is 16.8. The highest BCUT2D eigenvalue weighted by Gasteiger charge is 2.37. The molecular weight excluding hydrogens is 489 g/mol. The molecule has 2 saturated heterocycles. The lowest BCUT2D eigenvalue weighted by molar-refractivity contribution is -0.123. The molecule has 7 nitrogen and oxygen atoms in total. The molecule has 2 aliphatic rings. The number of halogens is 1. The van der Waals surface area contributed by atoms with Crippen molar-refractivity contribution in [3.8, 4) is 0 Å². The van der Waals surface area contributed by atoms with Crippen LogP contribution in [0.2, 0.25) is 0 Å². The Balaban J connectivity index is 1.35. The van der Waals surface area contributed by atoms with Crippen LogP contribution in [0, 0.1) is 18.7 Å².